The number of sulfonamides is 1. The maximum absolute atomic E-state index is 13.5. The van der Waals surface area contributed by atoms with Gasteiger partial charge >= 0.3 is 0 Å². The van der Waals surface area contributed by atoms with Crippen molar-refractivity contribution in [1.82, 2.24) is 4.72 Å². The number of hydrogen-bond donors (Lipinski definition) is 2. The molecule has 0 fully saturated rings. The molecule has 0 unspecified atom stereocenters. The second-order valence-corrected chi connectivity index (χ2v) is 6.60. The van der Waals surface area contributed by atoms with E-state index in [2.05, 4.69) is 10.1 Å². The average molecular weight is 366 g/mol. The standard InChI is InChI=1S/C16H15FN2O5S/c1-24-10-15(20)18-11-6-8-12(9-7-11)25(22,23)19-16(21)13-4-2-3-5-14(13)17/h2-9H,10H2,1H3,(H,18,20)(H,19,21). The first kappa shape index (κ1) is 18.6. The molecule has 0 aliphatic carbocycles. The minimum atomic E-state index is -4.18. The number of carbonyl (C=O) groups excluding carboxylic acids is 2. The van der Waals surface area contributed by atoms with Crippen molar-refractivity contribution in [1.29, 1.82) is 0 Å². The Hall–Kier alpha value is -2.78. The average Bonchev–Trinajstić information content (AvgIpc) is 2.55. The predicted octanol–water partition coefficient (Wildman–Crippen LogP) is 1.53. The van der Waals surface area contributed by atoms with E-state index in [-0.39, 0.29) is 17.1 Å². The predicted molar refractivity (Wildman–Crippen MR) is 88.0 cm³/mol. The maximum Gasteiger partial charge on any atom is 0.267 e. The second kappa shape index (κ2) is 7.86. The monoisotopic (exact) mass is 366 g/mol. The number of carbonyl (C=O) groups is 2. The molecule has 0 aromatic heterocycles. The molecule has 132 valence electrons. The van der Waals surface area contributed by atoms with Crippen LogP contribution in [0.15, 0.2) is 53.4 Å². The van der Waals surface area contributed by atoms with Crippen LogP contribution in [0.25, 0.3) is 0 Å². The quantitative estimate of drug-likeness (QED) is 0.807. The minimum absolute atomic E-state index is 0.140. The zero-order valence-corrected chi connectivity index (χ0v) is 14.0. The molecule has 0 atom stereocenters. The number of nitrogens with one attached hydrogen (secondary N) is 2. The van der Waals surface area contributed by atoms with Gasteiger partial charge < -0.3 is 10.1 Å². The van der Waals surface area contributed by atoms with Gasteiger partial charge in [-0.05, 0) is 36.4 Å². The summed E-state index contributed by atoms with van der Waals surface area (Å²) in [4.78, 5) is 23.1. The molecular formula is C16H15FN2O5S. The van der Waals surface area contributed by atoms with Gasteiger partial charge in [0.15, 0.2) is 0 Å². The molecule has 2 rings (SSSR count). The molecule has 0 aliphatic heterocycles. The smallest absolute Gasteiger partial charge is 0.267 e. The summed E-state index contributed by atoms with van der Waals surface area (Å²) in [7, 11) is -2.81. The molecule has 2 aromatic rings. The number of methoxy groups -OCH3 is 1. The number of amides is 2. The SMILES string of the molecule is COCC(=O)Nc1ccc(S(=O)(=O)NC(=O)c2ccccc2F)cc1. The van der Waals surface area contributed by atoms with Gasteiger partial charge in [0.1, 0.15) is 12.4 Å². The lowest BCUT2D eigenvalue weighted by atomic mass is 10.2. The maximum atomic E-state index is 13.5. The number of halogens is 1. The third kappa shape index (κ3) is 4.85. The fourth-order valence-electron chi connectivity index (χ4n) is 1.93. The molecule has 0 radical (unpaired) electrons. The van der Waals surface area contributed by atoms with Crippen molar-refractivity contribution in [3.8, 4) is 0 Å². The van der Waals surface area contributed by atoms with Crippen molar-refractivity contribution >= 4 is 27.5 Å². The highest BCUT2D eigenvalue weighted by molar-refractivity contribution is 7.90. The summed E-state index contributed by atoms with van der Waals surface area (Å²) in [5.41, 5.74) is -0.0176. The van der Waals surface area contributed by atoms with Gasteiger partial charge in [-0.25, -0.2) is 17.5 Å². The van der Waals surface area contributed by atoms with Crippen molar-refractivity contribution < 1.29 is 27.1 Å². The zero-order valence-electron chi connectivity index (χ0n) is 13.2. The molecule has 7 nitrogen and oxygen atoms in total. The number of hydrogen-bond acceptors (Lipinski definition) is 5. The molecule has 9 heteroatoms. The molecule has 0 saturated heterocycles. The third-order valence-electron chi connectivity index (χ3n) is 3.07. The van der Waals surface area contributed by atoms with Crippen molar-refractivity contribution in [2.75, 3.05) is 19.0 Å². The molecular weight excluding hydrogens is 351 g/mol. The van der Waals surface area contributed by atoms with E-state index in [0.29, 0.717) is 5.69 Å². The largest absolute Gasteiger partial charge is 0.375 e. The Morgan fingerprint density at radius 2 is 1.72 bits per heavy atom. The van der Waals surface area contributed by atoms with Crippen LogP contribution in [-0.4, -0.2) is 33.9 Å². The van der Waals surface area contributed by atoms with Gasteiger partial charge in [0.25, 0.3) is 15.9 Å². The van der Waals surface area contributed by atoms with E-state index in [9.17, 15) is 22.4 Å². The lowest BCUT2D eigenvalue weighted by molar-refractivity contribution is -0.119. The highest BCUT2D eigenvalue weighted by Gasteiger charge is 2.20. The minimum Gasteiger partial charge on any atom is -0.375 e. The molecule has 0 heterocycles. The van der Waals surface area contributed by atoms with Crippen LogP contribution in [0.5, 0.6) is 0 Å². The summed E-state index contributed by atoms with van der Waals surface area (Å²) in [5.74, 6) is -2.30. The Bertz CT molecular complexity index is 882. The van der Waals surface area contributed by atoms with Crippen LogP contribution in [0.2, 0.25) is 0 Å². The topological polar surface area (TPSA) is 102 Å². The summed E-state index contributed by atoms with van der Waals surface area (Å²) in [6.07, 6.45) is 0. The van der Waals surface area contributed by atoms with Crippen LogP contribution in [0.1, 0.15) is 10.4 Å². The van der Waals surface area contributed by atoms with Gasteiger partial charge in [-0.3, -0.25) is 9.59 Å². The van der Waals surface area contributed by atoms with Crippen LogP contribution in [0, 0.1) is 5.82 Å². The number of benzene rings is 2. The highest BCUT2D eigenvalue weighted by atomic mass is 32.2. The van der Waals surface area contributed by atoms with Crippen LogP contribution < -0.4 is 10.0 Å². The first-order chi connectivity index (χ1) is 11.8. The normalized spacial score (nSPS) is 11.0. The van der Waals surface area contributed by atoms with Gasteiger partial charge in [-0.15, -0.1) is 0 Å². The van der Waals surface area contributed by atoms with Gasteiger partial charge in [0, 0.05) is 12.8 Å². The van der Waals surface area contributed by atoms with Crippen LogP contribution in [0.4, 0.5) is 10.1 Å². The van der Waals surface area contributed by atoms with Crippen LogP contribution >= 0.6 is 0 Å². The van der Waals surface area contributed by atoms with Crippen molar-refractivity contribution in [2.24, 2.45) is 0 Å². The van der Waals surface area contributed by atoms with E-state index in [1.54, 1.807) is 4.72 Å². The third-order valence-corrected chi connectivity index (χ3v) is 4.42. The molecule has 0 saturated carbocycles. The molecule has 25 heavy (non-hydrogen) atoms. The number of ether oxygens (including phenoxy) is 1. The Morgan fingerprint density at radius 1 is 1.08 bits per heavy atom. The summed E-state index contributed by atoms with van der Waals surface area (Å²) in [5, 5.41) is 2.50. The van der Waals surface area contributed by atoms with E-state index in [4.69, 9.17) is 0 Å². The van der Waals surface area contributed by atoms with Crippen molar-refractivity contribution in [3.05, 3.63) is 59.9 Å². The van der Waals surface area contributed by atoms with E-state index in [1.807, 2.05) is 0 Å². The Kier molecular flexibility index (Phi) is 5.84. The summed E-state index contributed by atoms with van der Waals surface area (Å²) < 4.78 is 44.4. The van der Waals surface area contributed by atoms with Crippen molar-refractivity contribution in [3.63, 3.8) is 0 Å². The lowest BCUT2D eigenvalue weighted by Crippen LogP contribution is -2.31. The highest BCUT2D eigenvalue weighted by Crippen LogP contribution is 2.15. The fourth-order valence-corrected chi connectivity index (χ4v) is 2.89. The van der Waals surface area contributed by atoms with Crippen LogP contribution in [0.3, 0.4) is 0 Å². The van der Waals surface area contributed by atoms with Gasteiger partial charge in [-0.1, -0.05) is 12.1 Å². The Morgan fingerprint density at radius 3 is 2.32 bits per heavy atom. The lowest BCUT2D eigenvalue weighted by Gasteiger charge is -2.09. The molecule has 2 amide bonds. The molecule has 0 aliphatic rings. The van der Waals surface area contributed by atoms with E-state index in [0.717, 1.165) is 6.07 Å². The molecule has 2 N–H and O–H groups in total. The van der Waals surface area contributed by atoms with Crippen molar-refractivity contribution in [2.45, 2.75) is 4.90 Å². The Balaban J connectivity index is 2.13. The molecule has 2 aromatic carbocycles. The van der Waals surface area contributed by atoms with E-state index < -0.39 is 27.7 Å². The first-order valence-corrected chi connectivity index (χ1v) is 8.52. The molecule has 0 spiro atoms. The second-order valence-electron chi connectivity index (χ2n) is 4.92. The summed E-state index contributed by atoms with van der Waals surface area (Å²) >= 11 is 0. The Labute approximate surface area is 143 Å². The van der Waals surface area contributed by atoms with Gasteiger partial charge in [-0.2, -0.15) is 0 Å². The zero-order chi connectivity index (χ0) is 18.4. The fraction of sp³-hybridized carbons (Fsp3) is 0.125. The van der Waals surface area contributed by atoms with Gasteiger partial charge in [0.05, 0.1) is 10.5 Å². The number of rotatable bonds is 6. The molecule has 0 bridgehead atoms. The van der Waals surface area contributed by atoms with E-state index in [1.165, 1.54) is 49.6 Å². The number of anilines is 1. The van der Waals surface area contributed by atoms with E-state index >= 15 is 0 Å². The summed E-state index contributed by atoms with van der Waals surface area (Å²) in [6.45, 7) is -0.140. The van der Waals surface area contributed by atoms with Gasteiger partial charge in [0.2, 0.25) is 5.91 Å². The van der Waals surface area contributed by atoms with Crippen LogP contribution in [-0.2, 0) is 19.6 Å². The first-order valence-electron chi connectivity index (χ1n) is 7.04. The summed E-state index contributed by atoms with van der Waals surface area (Å²) in [6, 6.07) is 10.2.